The number of aliphatic hydroxyl groups is 1. The molecule has 1 saturated heterocycles. The van der Waals surface area contributed by atoms with E-state index in [9.17, 15) is 9.90 Å². The van der Waals surface area contributed by atoms with Gasteiger partial charge in [-0.25, -0.2) is 0 Å². The first-order valence-corrected chi connectivity index (χ1v) is 7.79. The van der Waals surface area contributed by atoms with Crippen LogP contribution < -0.4 is 4.74 Å². The van der Waals surface area contributed by atoms with E-state index in [-0.39, 0.29) is 11.8 Å². The highest BCUT2D eigenvalue weighted by atomic mass is 16.5. The molecule has 0 unspecified atom stereocenters. The van der Waals surface area contributed by atoms with Crippen molar-refractivity contribution in [1.29, 1.82) is 0 Å². The van der Waals surface area contributed by atoms with E-state index in [1.54, 1.807) is 7.11 Å². The number of hydrogen-bond donors (Lipinski definition) is 1. The number of benzene rings is 1. The Kier molecular flexibility index (Phi) is 3.89. The molecular formula is C17H23NO3. The Hall–Kier alpha value is -1.55. The van der Waals surface area contributed by atoms with Crippen molar-refractivity contribution in [3.8, 4) is 5.75 Å². The van der Waals surface area contributed by atoms with Gasteiger partial charge in [0.1, 0.15) is 5.75 Å². The molecule has 0 aromatic heterocycles. The molecule has 21 heavy (non-hydrogen) atoms. The number of para-hydroxylation sites is 1. The van der Waals surface area contributed by atoms with Gasteiger partial charge in [-0.1, -0.05) is 25.0 Å². The van der Waals surface area contributed by atoms with Gasteiger partial charge in [0.25, 0.3) is 5.91 Å². The fourth-order valence-electron chi connectivity index (χ4n) is 3.75. The van der Waals surface area contributed by atoms with Crippen molar-refractivity contribution in [3.05, 3.63) is 29.8 Å². The summed E-state index contributed by atoms with van der Waals surface area (Å²) >= 11 is 0. The molecule has 2 aliphatic rings. The second kappa shape index (κ2) is 5.68. The molecule has 114 valence electrons. The van der Waals surface area contributed by atoms with Crippen LogP contribution in [-0.4, -0.2) is 41.7 Å². The van der Waals surface area contributed by atoms with Gasteiger partial charge >= 0.3 is 0 Å². The Morgan fingerprint density at radius 1 is 1.33 bits per heavy atom. The summed E-state index contributed by atoms with van der Waals surface area (Å²) in [5.41, 5.74) is 0.0664. The minimum Gasteiger partial charge on any atom is -0.496 e. The smallest absolute Gasteiger partial charge is 0.257 e. The fourth-order valence-corrected chi connectivity index (χ4v) is 3.75. The Bertz CT molecular complexity index is 531. The summed E-state index contributed by atoms with van der Waals surface area (Å²) in [6.45, 7) is 1.29. The number of likely N-dealkylation sites (tertiary alicyclic amines) is 1. The van der Waals surface area contributed by atoms with Crippen LogP contribution in [0.15, 0.2) is 24.3 Å². The van der Waals surface area contributed by atoms with Gasteiger partial charge in [0.2, 0.25) is 0 Å². The van der Waals surface area contributed by atoms with E-state index >= 15 is 0 Å². The zero-order valence-electron chi connectivity index (χ0n) is 12.5. The number of amides is 1. The van der Waals surface area contributed by atoms with Crippen LogP contribution in [0.3, 0.4) is 0 Å². The van der Waals surface area contributed by atoms with Crippen LogP contribution in [0.1, 0.15) is 42.5 Å². The zero-order chi connectivity index (χ0) is 14.9. The standard InChI is InChI=1S/C17H23NO3/c1-21-15-8-3-2-7-14(15)16(19)18-11-10-17(20)9-5-4-6-13(17)12-18/h2-3,7-8,13,20H,4-6,9-12H2,1H3/t13-,17-/m1/s1. The lowest BCUT2D eigenvalue weighted by atomic mass is 9.71. The summed E-state index contributed by atoms with van der Waals surface area (Å²) in [5.74, 6) is 0.853. The highest BCUT2D eigenvalue weighted by molar-refractivity contribution is 5.97. The molecule has 1 aromatic carbocycles. The second-order valence-electron chi connectivity index (χ2n) is 6.25. The van der Waals surface area contributed by atoms with Crippen LogP contribution in [0.2, 0.25) is 0 Å². The lowest BCUT2D eigenvalue weighted by Gasteiger charge is -2.47. The third-order valence-electron chi connectivity index (χ3n) is 5.05. The number of carbonyl (C=O) groups excluding carboxylic acids is 1. The molecule has 3 rings (SSSR count). The van der Waals surface area contributed by atoms with Crippen molar-refractivity contribution < 1.29 is 14.6 Å². The van der Waals surface area contributed by atoms with Crippen LogP contribution in [0, 0.1) is 5.92 Å². The molecule has 1 heterocycles. The number of ether oxygens (including phenoxy) is 1. The van der Waals surface area contributed by atoms with Crippen LogP contribution >= 0.6 is 0 Å². The van der Waals surface area contributed by atoms with Crippen LogP contribution in [0.25, 0.3) is 0 Å². The van der Waals surface area contributed by atoms with Crippen molar-refractivity contribution in [1.82, 2.24) is 4.90 Å². The maximum absolute atomic E-state index is 12.7. The molecule has 0 spiro atoms. The van der Waals surface area contributed by atoms with Crippen molar-refractivity contribution >= 4 is 5.91 Å². The predicted octanol–water partition coefficient (Wildman–Crippen LogP) is 2.46. The number of carbonyl (C=O) groups is 1. The van der Waals surface area contributed by atoms with E-state index in [4.69, 9.17) is 4.74 Å². The van der Waals surface area contributed by atoms with Crippen LogP contribution in [0.5, 0.6) is 5.75 Å². The van der Waals surface area contributed by atoms with Gasteiger partial charge in [0.05, 0.1) is 18.3 Å². The zero-order valence-corrected chi connectivity index (χ0v) is 12.5. The van der Waals surface area contributed by atoms with Crippen molar-refractivity contribution in [2.24, 2.45) is 5.92 Å². The number of nitrogens with zero attached hydrogens (tertiary/aromatic N) is 1. The third kappa shape index (κ3) is 2.64. The van der Waals surface area contributed by atoms with Crippen molar-refractivity contribution in [2.45, 2.75) is 37.7 Å². The Morgan fingerprint density at radius 3 is 2.95 bits per heavy atom. The predicted molar refractivity (Wildman–Crippen MR) is 80.4 cm³/mol. The lowest BCUT2D eigenvalue weighted by molar-refractivity contribution is -0.0886. The first kappa shape index (κ1) is 14.4. The first-order valence-electron chi connectivity index (χ1n) is 7.79. The van der Waals surface area contributed by atoms with Gasteiger partial charge in [-0.2, -0.15) is 0 Å². The Morgan fingerprint density at radius 2 is 2.14 bits per heavy atom. The molecule has 1 amide bonds. The molecule has 4 nitrogen and oxygen atoms in total. The molecular weight excluding hydrogens is 266 g/mol. The lowest BCUT2D eigenvalue weighted by Crippen LogP contribution is -2.54. The molecule has 4 heteroatoms. The van der Waals surface area contributed by atoms with Gasteiger partial charge < -0.3 is 14.7 Å². The number of piperidine rings is 1. The average molecular weight is 289 g/mol. The highest BCUT2D eigenvalue weighted by Crippen LogP contribution is 2.40. The number of fused-ring (bicyclic) bond motifs is 1. The molecule has 2 fully saturated rings. The second-order valence-corrected chi connectivity index (χ2v) is 6.25. The monoisotopic (exact) mass is 289 g/mol. The molecule has 1 N–H and O–H groups in total. The highest BCUT2D eigenvalue weighted by Gasteiger charge is 2.43. The van der Waals surface area contributed by atoms with E-state index < -0.39 is 5.60 Å². The number of hydrogen-bond acceptors (Lipinski definition) is 3. The van der Waals surface area contributed by atoms with E-state index in [1.807, 2.05) is 29.2 Å². The third-order valence-corrected chi connectivity index (χ3v) is 5.05. The summed E-state index contributed by atoms with van der Waals surface area (Å²) in [7, 11) is 1.59. The Labute approximate surface area is 125 Å². The van der Waals surface area contributed by atoms with E-state index in [0.29, 0.717) is 30.8 Å². The quantitative estimate of drug-likeness (QED) is 0.910. The molecule has 2 atom stereocenters. The number of methoxy groups -OCH3 is 1. The molecule has 1 aliphatic heterocycles. The SMILES string of the molecule is COc1ccccc1C(=O)N1CC[C@]2(O)CCCC[C@@H]2C1. The minimum atomic E-state index is -0.546. The molecule has 0 radical (unpaired) electrons. The molecule has 0 bridgehead atoms. The van der Waals surface area contributed by atoms with Crippen molar-refractivity contribution in [3.63, 3.8) is 0 Å². The maximum atomic E-state index is 12.7. The maximum Gasteiger partial charge on any atom is 0.257 e. The summed E-state index contributed by atoms with van der Waals surface area (Å²) in [4.78, 5) is 14.6. The molecule has 1 aromatic rings. The normalized spacial score (nSPS) is 28.9. The summed E-state index contributed by atoms with van der Waals surface area (Å²) in [6, 6.07) is 7.35. The van der Waals surface area contributed by atoms with Gasteiger partial charge in [-0.15, -0.1) is 0 Å². The largest absolute Gasteiger partial charge is 0.496 e. The summed E-state index contributed by atoms with van der Waals surface area (Å²) in [5, 5.41) is 10.7. The molecule has 1 saturated carbocycles. The van der Waals surface area contributed by atoms with E-state index in [0.717, 1.165) is 25.7 Å². The van der Waals surface area contributed by atoms with Gasteiger partial charge in [0, 0.05) is 19.0 Å². The van der Waals surface area contributed by atoms with Crippen LogP contribution in [0.4, 0.5) is 0 Å². The van der Waals surface area contributed by atoms with E-state index in [1.165, 1.54) is 0 Å². The van der Waals surface area contributed by atoms with Crippen molar-refractivity contribution in [2.75, 3.05) is 20.2 Å². The Balaban J connectivity index is 1.77. The average Bonchev–Trinajstić information content (AvgIpc) is 2.53. The number of rotatable bonds is 2. The van der Waals surface area contributed by atoms with Gasteiger partial charge in [-0.3, -0.25) is 4.79 Å². The fraction of sp³-hybridized carbons (Fsp3) is 0.588. The first-order chi connectivity index (χ1) is 10.1. The topological polar surface area (TPSA) is 49.8 Å². The van der Waals surface area contributed by atoms with Crippen LogP contribution in [-0.2, 0) is 0 Å². The summed E-state index contributed by atoms with van der Waals surface area (Å²) in [6.07, 6.45) is 4.86. The molecule has 1 aliphatic carbocycles. The minimum absolute atomic E-state index is 0.0140. The van der Waals surface area contributed by atoms with Gasteiger partial charge in [0.15, 0.2) is 0 Å². The van der Waals surface area contributed by atoms with E-state index in [2.05, 4.69) is 0 Å². The van der Waals surface area contributed by atoms with Gasteiger partial charge in [-0.05, 0) is 31.4 Å². The summed E-state index contributed by atoms with van der Waals surface area (Å²) < 4.78 is 5.29.